The minimum absolute atomic E-state index is 0.104. The first-order valence-corrected chi connectivity index (χ1v) is 7.90. The van der Waals surface area contributed by atoms with Crippen LogP contribution in [0, 0.1) is 17.8 Å². The fourth-order valence-corrected chi connectivity index (χ4v) is 3.37. The summed E-state index contributed by atoms with van der Waals surface area (Å²) in [6.07, 6.45) is 8.76. The molecule has 2 aliphatic carbocycles. The summed E-state index contributed by atoms with van der Waals surface area (Å²) in [6, 6.07) is -0.162. The maximum absolute atomic E-state index is 11.5. The van der Waals surface area contributed by atoms with Gasteiger partial charge in [-0.15, -0.1) is 0 Å². The Morgan fingerprint density at radius 1 is 1.10 bits per heavy atom. The molecule has 2 saturated carbocycles. The zero-order valence-corrected chi connectivity index (χ0v) is 12.1. The van der Waals surface area contributed by atoms with Gasteiger partial charge >= 0.3 is 12.0 Å². The van der Waals surface area contributed by atoms with Crippen LogP contribution in [0.25, 0.3) is 0 Å². The molecular weight excluding hydrogens is 256 g/mol. The number of urea groups is 1. The van der Waals surface area contributed by atoms with Gasteiger partial charge in [-0.1, -0.05) is 32.1 Å². The molecule has 5 nitrogen and oxygen atoms in total. The quantitative estimate of drug-likeness (QED) is 0.627. The molecule has 2 aliphatic rings. The fraction of sp³-hybridized carbons (Fsp3) is 0.867. The number of carboxylic acid groups (broad SMARTS) is 1. The van der Waals surface area contributed by atoms with Gasteiger partial charge in [0.15, 0.2) is 0 Å². The molecule has 3 N–H and O–H groups in total. The van der Waals surface area contributed by atoms with E-state index >= 15 is 0 Å². The topological polar surface area (TPSA) is 78.4 Å². The van der Waals surface area contributed by atoms with Gasteiger partial charge in [0.25, 0.3) is 0 Å². The van der Waals surface area contributed by atoms with Gasteiger partial charge < -0.3 is 15.7 Å². The van der Waals surface area contributed by atoms with Crippen LogP contribution < -0.4 is 10.6 Å². The third-order valence-corrected chi connectivity index (χ3v) is 4.61. The van der Waals surface area contributed by atoms with Crippen molar-refractivity contribution in [3.05, 3.63) is 0 Å². The first-order valence-electron chi connectivity index (χ1n) is 7.90. The van der Waals surface area contributed by atoms with E-state index in [9.17, 15) is 9.59 Å². The number of hydrogen-bond donors (Lipinski definition) is 3. The molecule has 0 unspecified atom stereocenters. The molecule has 114 valence electrons. The summed E-state index contributed by atoms with van der Waals surface area (Å²) < 4.78 is 0. The van der Waals surface area contributed by atoms with Crippen molar-refractivity contribution in [3.63, 3.8) is 0 Å². The molecule has 0 aliphatic heterocycles. The predicted molar refractivity (Wildman–Crippen MR) is 76.4 cm³/mol. The summed E-state index contributed by atoms with van der Waals surface area (Å²) >= 11 is 0. The van der Waals surface area contributed by atoms with E-state index in [4.69, 9.17) is 5.11 Å². The molecule has 0 aromatic carbocycles. The molecule has 0 saturated heterocycles. The second-order valence-electron chi connectivity index (χ2n) is 6.19. The summed E-state index contributed by atoms with van der Waals surface area (Å²) in [5, 5.41) is 14.1. The van der Waals surface area contributed by atoms with Crippen LogP contribution in [0.1, 0.15) is 51.4 Å². The van der Waals surface area contributed by atoms with Crippen molar-refractivity contribution in [1.82, 2.24) is 10.6 Å². The smallest absolute Gasteiger partial charge is 0.314 e. The Kier molecular flexibility index (Phi) is 5.68. The van der Waals surface area contributed by atoms with Gasteiger partial charge in [-0.05, 0) is 30.6 Å². The maximum atomic E-state index is 11.5. The Bertz CT molecular complexity index is 340. The zero-order chi connectivity index (χ0) is 14.4. The molecule has 0 heterocycles. The Labute approximate surface area is 120 Å². The lowest BCUT2D eigenvalue weighted by molar-refractivity contribution is -0.137. The summed E-state index contributed by atoms with van der Waals surface area (Å²) in [5.41, 5.74) is 0. The fourth-order valence-electron chi connectivity index (χ4n) is 3.37. The molecule has 20 heavy (non-hydrogen) atoms. The molecule has 2 rings (SSSR count). The standard InChI is InChI=1S/C15H26N2O3/c18-14(19)7-4-8-16-15(20)17-10-12-9-13(12)11-5-2-1-3-6-11/h11-13H,1-10H2,(H,18,19)(H2,16,17,20)/t12-,13-/m0/s1. The van der Waals surface area contributed by atoms with Crippen LogP contribution in [0.4, 0.5) is 4.79 Å². The molecule has 2 fully saturated rings. The van der Waals surface area contributed by atoms with Gasteiger partial charge in [-0.3, -0.25) is 4.79 Å². The van der Waals surface area contributed by atoms with E-state index in [0.29, 0.717) is 18.9 Å². The Morgan fingerprint density at radius 2 is 1.85 bits per heavy atom. The minimum atomic E-state index is -0.819. The summed E-state index contributed by atoms with van der Waals surface area (Å²) in [5.74, 6) is 1.58. The van der Waals surface area contributed by atoms with Gasteiger partial charge in [-0.2, -0.15) is 0 Å². The average molecular weight is 282 g/mol. The molecule has 2 amide bonds. The third-order valence-electron chi connectivity index (χ3n) is 4.61. The molecule has 5 heteroatoms. The first-order chi connectivity index (χ1) is 9.66. The van der Waals surface area contributed by atoms with Gasteiger partial charge in [-0.25, -0.2) is 4.79 Å². The van der Waals surface area contributed by atoms with E-state index in [1.807, 2.05) is 0 Å². The van der Waals surface area contributed by atoms with E-state index in [0.717, 1.165) is 18.4 Å². The molecule has 0 bridgehead atoms. The second kappa shape index (κ2) is 7.50. The van der Waals surface area contributed by atoms with Crippen LogP contribution >= 0.6 is 0 Å². The summed E-state index contributed by atoms with van der Waals surface area (Å²) in [6.45, 7) is 1.20. The summed E-state index contributed by atoms with van der Waals surface area (Å²) in [4.78, 5) is 21.9. The lowest BCUT2D eigenvalue weighted by Gasteiger charge is -2.21. The van der Waals surface area contributed by atoms with E-state index < -0.39 is 5.97 Å². The second-order valence-corrected chi connectivity index (χ2v) is 6.19. The Balaban J connectivity index is 1.50. The van der Waals surface area contributed by atoms with Crippen molar-refractivity contribution in [2.24, 2.45) is 17.8 Å². The normalized spacial score (nSPS) is 26.0. The molecular formula is C15H26N2O3. The molecule has 0 aromatic heterocycles. The van der Waals surface area contributed by atoms with Crippen LogP contribution in [-0.2, 0) is 4.79 Å². The van der Waals surface area contributed by atoms with Crippen LogP contribution in [-0.4, -0.2) is 30.2 Å². The lowest BCUT2D eigenvalue weighted by Crippen LogP contribution is -2.37. The number of rotatable bonds is 7. The van der Waals surface area contributed by atoms with Gasteiger partial charge in [0.05, 0.1) is 0 Å². The lowest BCUT2D eigenvalue weighted by atomic mass is 9.85. The highest BCUT2D eigenvalue weighted by Gasteiger charge is 2.42. The highest BCUT2D eigenvalue weighted by Crippen LogP contribution is 2.48. The average Bonchev–Trinajstić information content (AvgIpc) is 3.22. The van der Waals surface area contributed by atoms with Crippen molar-refractivity contribution < 1.29 is 14.7 Å². The number of carboxylic acids is 1. The number of carbonyl (C=O) groups is 2. The van der Waals surface area contributed by atoms with Gasteiger partial charge in [0.1, 0.15) is 0 Å². The minimum Gasteiger partial charge on any atom is -0.481 e. The molecule has 0 aromatic rings. The van der Waals surface area contributed by atoms with Crippen LogP contribution in [0.3, 0.4) is 0 Å². The largest absolute Gasteiger partial charge is 0.481 e. The van der Waals surface area contributed by atoms with Crippen molar-refractivity contribution in [3.8, 4) is 0 Å². The van der Waals surface area contributed by atoms with Crippen LogP contribution in [0.15, 0.2) is 0 Å². The number of carbonyl (C=O) groups excluding carboxylic acids is 1. The summed E-state index contributed by atoms with van der Waals surface area (Å²) in [7, 11) is 0. The van der Waals surface area contributed by atoms with E-state index in [1.54, 1.807) is 0 Å². The van der Waals surface area contributed by atoms with E-state index in [2.05, 4.69) is 10.6 Å². The number of aliphatic carboxylic acids is 1. The third kappa shape index (κ3) is 5.02. The first kappa shape index (κ1) is 15.1. The Morgan fingerprint density at radius 3 is 2.55 bits per heavy atom. The highest BCUT2D eigenvalue weighted by atomic mass is 16.4. The van der Waals surface area contributed by atoms with Crippen molar-refractivity contribution in [2.75, 3.05) is 13.1 Å². The monoisotopic (exact) mass is 282 g/mol. The predicted octanol–water partition coefficient (Wildman–Crippen LogP) is 2.37. The molecule has 2 atom stereocenters. The van der Waals surface area contributed by atoms with Crippen molar-refractivity contribution >= 4 is 12.0 Å². The number of hydrogen-bond acceptors (Lipinski definition) is 2. The molecule has 0 spiro atoms. The highest BCUT2D eigenvalue weighted by molar-refractivity contribution is 5.74. The van der Waals surface area contributed by atoms with Crippen molar-refractivity contribution in [1.29, 1.82) is 0 Å². The number of nitrogens with one attached hydrogen (secondary N) is 2. The van der Waals surface area contributed by atoms with E-state index in [1.165, 1.54) is 38.5 Å². The number of amides is 2. The maximum Gasteiger partial charge on any atom is 0.314 e. The van der Waals surface area contributed by atoms with Crippen molar-refractivity contribution in [2.45, 2.75) is 51.4 Å². The van der Waals surface area contributed by atoms with Crippen LogP contribution in [0.2, 0.25) is 0 Å². The van der Waals surface area contributed by atoms with E-state index in [-0.39, 0.29) is 12.5 Å². The van der Waals surface area contributed by atoms with Crippen LogP contribution in [0.5, 0.6) is 0 Å². The molecule has 0 radical (unpaired) electrons. The van der Waals surface area contributed by atoms with Gasteiger partial charge in [0, 0.05) is 19.5 Å². The van der Waals surface area contributed by atoms with Gasteiger partial charge in [0.2, 0.25) is 0 Å². The zero-order valence-electron chi connectivity index (χ0n) is 12.1. The SMILES string of the molecule is O=C(O)CCCNC(=O)NC[C@@H]1C[C@H]1C1CCCCC1. The Hall–Kier alpha value is -1.26.